The highest BCUT2D eigenvalue weighted by Crippen LogP contribution is 2.27. The fourth-order valence-electron chi connectivity index (χ4n) is 2.12. The van der Waals surface area contributed by atoms with Crippen molar-refractivity contribution in [2.75, 3.05) is 4.72 Å². The van der Waals surface area contributed by atoms with Crippen molar-refractivity contribution in [2.24, 2.45) is 0 Å². The van der Waals surface area contributed by atoms with Crippen molar-refractivity contribution in [3.8, 4) is 0 Å². The third kappa shape index (κ3) is 4.15. The SMILES string of the molecule is O=S(=O)(Nc1ncc(Cc2ccc(F)c(F)c2)s1)c1ccccc1Cl. The highest BCUT2D eigenvalue weighted by molar-refractivity contribution is 7.93. The van der Waals surface area contributed by atoms with Gasteiger partial charge < -0.3 is 0 Å². The summed E-state index contributed by atoms with van der Waals surface area (Å²) in [5, 5.41) is 0.270. The predicted octanol–water partition coefficient (Wildman–Crippen LogP) is 4.47. The normalized spacial score (nSPS) is 11.5. The van der Waals surface area contributed by atoms with Crippen molar-refractivity contribution in [2.45, 2.75) is 11.3 Å². The number of hydrogen-bond donors (Lipinski definition) is 1. The molecule has 0 aliphatic carbocycles. The molecule has 0 amide bonds. The van der Waals surface area contributed by atoms with E-state index in [9.17, 15) is 17.2 Å². The zero-order chi connectivity index (χ0) is 18.0. The summed E-state index contributed by atoms with van der Waals surface area (Å²) in [5.41, 5.74) is 0.558. The highest BCUT2D eigenvalue weighted by atomic mass is 35.5. The number of rotatable bonds is 5. The van der Waals surface area contributed by atoms with E-state index < -0.39 is 21.7 Å². The summed E-state index contributed by atoms with van der Waals surface area (Å²) in [6.07, 6.45) is 1.79. The fourth-order valence-corrected chi connectivity index (χ4v) is 4.73. The summed E-state index contributed by atoms with van der Waals surface area (Å²) in [5.74, 6) is -1.84. The molecular weight excluding hydrogens is 390 g/mol. The van der Waals surface area contributed by atoms with Gasteiger partial charge in [-0.25, -0.2) is 22.2 Å². The Balaban J connectivity index is 1.77. The van der Waals surface area contributed by atoms with E-state index in [-0.39, 0.29) is 15.0 Å². The Morgan fingerprint density at radius 1 is 1.12 bits per heavy atom. The first-order valence-corrected chi connectivity index (χ1v) is 9.69. The Morgan fingerprint density at radius 2 is 1.88 bits per heavy atom. The topological polar surface area (TPSA) is 59.1 Å². The Labute approximate surface area is 152 Å². The Hall–Kier alpha value is -2.03. The van der Waals surface area contributed by atoms with Crippen LogP contribution in [0.25, 0.3) is 0 Å². The third-order valence-corrected chi connectivity index (χ3v) is 6.14. The van der Waals surface area contributed by atoms with Crippen LogP contribution >= 0.6 is 22.9 Å². The molecule has 1 aromatic heterocycles. The van der Waals surface area contributed by atoms with Crippen molar-refractivity contribution < 1.29 is 17.2 Å². The van der Waals surface area contributed by atoms with Crippen molar-refractivity contribution in [1.82, 2.24) is 4.98 Å². The Bertz CT molecular complexity index is 1020. The van der Waals surface area contributed by atoms with E-state index in [0.29, 0.717) is 16.9 Å². The second-order valence-corrected chi connectivity index (χ2v) is 8.27. The number of halogens is 3. The molecule has 0 saturated carbocycles. The van der Waals surface area contributed by atoms with Gasteiger partial charge in [-0.05, 0) is 29.8 Å². The minimum absolute atomic E-state index is 0.0472. The maximum absolute atomic E-state index is 13.2. The van der Waals surface area contributed by atoms with Gasteiger partial charge in [0.05, 0.1) is 5.02 Å². The van der Waals surface area contributed by atoms with Crippen LogP contribution in [0, 0.1) is 11.6 Å². The summed E-state index contributed by atoms with van der Waals surface area (Å²) >= 11 is 7.02. The van der Waals surface area contributed by atoms with Gasteiger partial charge in [0.1, 0.15) is 4.90 Å². The molecule has 0 fully saturated rings. The lowest BCUT2D eigenvalue weighted by Crippen LogP contribution is -2.13. The number of nitrogens with one attached hydrogen (secondary N) is 1. The number of nitrogens with zero attached hydrogens (tertiary/aromatic N) is 1. The molecule has 0 aliphatic rings. The number of hydrogen-bond acceptors (Lipinski definition) is 4. The van der Waals surface area contributed by atoms with Gasteiger partial charge in [-0.2, -0.15) is 0 Å². The third-order valence-electron chi connectivity index (χ3n) is 3.26. The summed E-state index contributed by atoms with van der Waals surface area (Å²) in [6, 6.07) is 9.68. The molecule has 3 aromatic rings. The smallest absolute Gasteiger partial charge is 0.255 e. The quantitative estimate of drug-likeness (QED) is 0.687. The van der Waals surface area contributed by atoms with Crippen LogP contribution in [0.15, 0.2) is 53.6 Å². The maximum Gasteiger partial charge on any atom is 0.265 e. The maximum atomic E-state index is 13.2. The van der Waals surface area contributed by atoms with Crippen molar-refractivity contribution in [3.05, 3.63) is 75.8 Å². The summed E-state index contributed by atoms with van der Waals surface area (Å²) in [6.45, 7) is 0. The van der Waals surface area contributed by atoms with Crippen LogP contribution in [0.2, 0.25) is 5.02 Å². The average molecular weight is 401 g/mol. The van der Waals surface area contributed by atoms with E-state index in [1.54, 1.807) is 12.1 Å². The standard InChI is InChI=1S/C16H11ClF2N2O2S2/c17-12-3-1-2-4-15(12)25(22,23)21-16-20-9-11(24-16)7-10-5-6-13(18)14(19)8-10/h1-6,8-9H,7H2,(H,20,21). The Kier molecular flexibility index (Phi) is 5.03. The van der Waals surface area contributed by atoms with Gasteiger partial charge >= 0.3 is 0 Å². The summed E-state index contributed by atoms with van der Waals surface area (Å²) < 4.78 is 53.3. The molecule has 0 atom stereocenters. The molecule has 130 valence electrons. The zero-order valence-corrected chi connectivity index (χ0v) is 14.9. The minimum Gasteiger partial charge on any atom is -0.255 e. The number of sulfonamides is 1. The van der Waals surface area contributed by atoms with E-state index in [1.807, 2.05) is 0 Å². The first kappa shape index (κ1) is 17.8. The molecule has 4 nitrogen and oxygen atoms in total. The van der Waals surface area contributed by atoms with Crippen LogP contribution in [0.1, 0.15) is 10.4 Å². The van der Waals surface area contributed by atoms with Crippen LogP contribution in [0.3, 0.4) is 0 Å². The molecule has 25 heavy (non-hydrogen) atoms. The molecule has 9 heteroatoms. The molecule has 0 bridgehead atoms. The van der Waals surface area contributed by atoms with Crippen molar-refractivity contribution in [1.29, 1.82) is 0 Å². The van der Waals surface area contributed by atoms with E-state index in [0.717, 1.165) is 23.5 Å². The minimum atomic E-state index is -3.86. The lowest BCUT2D eigenvalue weighted by atomic mass is 10.1. The van der Waals surface area contributed by atoms with Crippen LogP contribution in [0.5, 0.6) is 0 Å². The molecule has 0 saturated heterocycles. The summed E-state index contributed by atoms with van der Waals surface area (Å²) in [4.78, 5) is 4.66. The number of benzene rings is 2. The average Bonchev–Trinajstić information content (AvgIpc) is 2.97. The van der Waals surface area contributed by atoms with Gasteiger partial charge in [0.25, 0.3) is 10.0 Å². The van der Waals surface area contributed by atoms with Gasteiger partial charge in [0.15, 0.2) is 16.8 Å². The largest absolute Gasteiger partial charge is 0.265 e. The molecule has 3 rings (SSSR count). The lowest BCUT2D eigenvalue weighted by Gasteiger charge is -2.06. The van der Waals surface area contributed by atoms with Crippen molar-refractivity contribution in [3.63, 3.8) is 0 Å². The first-order valence-electron chi connectivity index (χ1n) is 7.01. The second kappa shape index (κ2) is 7.07. The molecule has 0 aliphatic heterocycles. The number of thiazole rings is 1. The molecule has 0 radical (unpaired) electrons. The van der Waals surface area contributed by atoms with E-state index >= 15 is 0 Å². The zero-order valence-electron chi connectivity index (χ0n) is 12.5. The van der Waals surface area contributed by atoms with Gasteiger partial charge in [-0.1, -0.05) is 29.8 Å². The van der Waals surface area contributed by atoms with Gasteiger partial charge in [0, 0.05) is 17.5 Å². The van der Waals surface area contributed by atoms with E-state index in [1.165, 1.54) is 24.4 Å². The number of aromatic nitrogens is 1. The van der Waals surface area contributed by atoms with Crippen LogP contribution < -0.4 is 4.72 Å². The van der Waals surface area contributed by atoms with Gasteiger partial charge in [-0.3, -0.25) is 4.72 Å². The molecule has 2 aromatic carbocycles. The van der Waals surface area contributed by atoms with Crippen LogP contribution in [-0.2, 0) is 16.4 Å². The second-order valence-electron chi connectivity index (χ2n) is 5.09. The van der Waals surface area contributed by atoms with Crippen molar-refractivity contribution >= 4 is 38.1 Å². The fraction of sp³-hybridized carbons (Fsp3) is 0.0625. The summed E-state index contributed by atoms with van der Waals surface area (Å²) in [7, 11) is -3.86. The van der Waals surface area contributed by atoms with E-state index in [2.05, 4.69) is 9.71 Å². The Morgan fingerprint density at radius 3 is 2.60 bits per heavy atom. The van der Waals surface area contributed by atoms with Gasteiger partial charge in [-0.15, -0.1) is 11.3 Å². The monoisotopic (exact) mass is 400 g/mol. The van der Waals surface area contributed by atoms with Crippen LogP contribution in [-0.4, -0.2) is 13.4 Å². The van der Waals surface area contributed by atoms with E-state index in [4.69, 9.17) is 11.6 Å². The lowest BCUT2D eigenvalue weighted by molar-refractivity contribution is 0.507. The predicted molar refractivity (Wildman–Crippen MR) is 93.5 cm³/mol. The molecule has 0 unspecified atom stereocenters. The molecule has 0 spiro atoms. The molecule has 1 heterocycles. The first-order chi connectivity index (χ1) is 11.8. The highest BCUT2D eigenvalue weighted by Gasteiger charge is 2.19. The van der Waals surface area contributed by atoms with Gasteiger partial charge in [0.2, 0.25) is 0 Å². The molecular formula is C16H11ClF2N2O2S2. The number of anilines is 1. The molecule has 1 N–H and O–H groups in total. The van der Waals surface area contributed by atoms with Crippen LogP contribution in [0.4, 0.5) is 13.9 Å².